The van der Waals surface area contributed by atoms with Crippen LogP contribution in [0.5, 0.6) is 5.75 Å². The Balaban J connectivity index is 1.27. The van der Waals surface area contributed by atoms with E-state index in [1.807, 2.05) is 48.6 Å². The van der Waals surface area contributed by atoms with Gasteiger partial charge in [-0.1, -0.05) is 94.1 Å². The Kier molecular flexibility index (Phi) is 16.3. The molecule has 2 aromatic carbocycles. The summed E-state index contributed by atoms with van der Waals surface area (Å²) < 4.78 is 25.4. The van der Waals surface area contributed by atoms with Crippen molar-refractivity contribution >= 4 is 29.8 Å². The lowest BCUT2D eigenvalue weighted by Crippen LogP contribution is -2.71. The number of aromatic hydroxyl groups is 1. The predicted molar refractivity (Wildman–Crippen MR) is 237 cm³/mol. The number of nitrogens with one attached hydrogen (secondary N) is 2. The van der Waals surface area contributed by atoms with Gasteiger partial charge < -0.3 is 44.9 Å². The number of hydrogen-bond donors (Lipinski definition) is 5. The highest BCUT2D eigenvalue weighted by molar-refractivity contribution is 5.96. The first-order valence-corrected chi connectivity index (χ1v) is 23.2. The molecule has 5 N–H and O–H groups in total. The van der Waals surface area contributed by atoms with Crippen molar-refractivity contribution in [2.45, 2.75) is 185 Å². The van der Waals surface area contributed by atoms with Crippen LogP contribution in [-0.4, -0.2) is 111 Å². The maximum atomic E-state index is 15.2. The molecule has 15 nitrogen and oxygen atoms in total. The number of allylic oxidation sites excluding steroid dienone is 1. The first-order chi connectivity index (χ1) is 30.5. The Bertz CT molecular complexity index is 1940. The van der Waals surface area contributed by atoms with E-state index in [2.05, 4.69) is 24.5 Å². The van der Waals surface area contributed by atoms with Gasteiger partial charge in [-0.15, -0.1) is 0 Å². The highest BCUT2D eigenvalue weighted by Gasteiger charge is 2.76. The van der Waals surface area contributed by atoms with Crippen molar-refractivity contribution in [2.24, 2.45) is 5.41 Å². The molecule has 15 heteroatoms. The van der Waals surface area contributed by atoms with Crippen LogP contribution in [0, 0.1) is 5.41 Å². The smallest absolute Gasteiger partial charge is 0.327 e. The van der Waals surface area contributed by atoms with Gasteiger partial charge in [0.2, 0.25) is 11.8 Å². The Morgan fingerprint density at radius 1 is 0.969 bits per heavy atom. The summed E-state index contributed by atoms with van der Waals surface area (Å²) in [5, 5.41) is 38.2. The molecule has 4 aliphatic rings. The topological polar surface area (TPSA) is 202 Å². The van der Waals surface area contributed by atoms with E-state index in [4.69, 9.17) is 23.8 Å². The van der Waals surface area contributed by atoms with Crippen molar-refractivity contribution in [2.75, 3.05) is 6.61 Å². The van der Waals surface area contributed by atoms with Gasteiger partial charge in [0.05, 0.1) is 25.3 Å². The highest BCUT2D eigenvalue weighted by Crippen LogP contribution is 2.58. The summed E-state index contributed by atoms with van der Waals surface area (Å²) in [5.41, 5.74) is 0.185. The number of unbranched alkanes of at least 4 members (excludes halogenated alkanes) is 4. The lowest BCUT2D eigenvalue weighted by atomic mass is 9.62. The standard InChI is InChI=1S/C49H69N3O12/c1-7-9-13-26-48(27-14-10-8-2)62-40-37-28-49(46(59)51-39(31(3)54)44(57)50-35(30-53)24-25-38(56)61-47(4,5)6)42(45(58)60-37)52(64-43(49)41(40)63-48)29-33-22-20-32(21-23-33)16-15-18-34-17-11-12-19-36(34)55/h11-12,15-17,19-23,31,35,37,39-43,53-55H,7-10,13-14,18,24-30H2,1-6H3,(H,50,57)(H,51,59)/t31-,35-,37+,39+,40-,41-,42+,43+,49+/m0/s1. The van der Waals surface area contributed by atoms with Crippen LogP contribution < -0.4 is 10.6 Å². The van der Waals surface area contributed by atoms with Crippen molar-refractivity contribution < 1.29 is 58.3 Å². The third-order valence-corrected chi connectivity index (χ3v) is 12.7. The van der Waals surface area contributed by atoms with E-state index in [9.17, 15) is 29.7 Å². The normalized spacial score (nSPS) is 26.2. The molecule has 2 amide bonds. The fraction of sp³-hybridized carbons (Fsp3) is 0.633. The summed E-state index contributed by atoms with van der Waals surface area (Å²) in [4.78, 5) is 62.6. The zero-order valence-corrected chi connectivity index (χ0v) is 38.3. The van der Waals surface area contributed by atoms with Gasteiger partial charge in [-0.25, -0.2) is 0 Å². The number of fused-ring (bicyclic) bond motifs is 4. The highest BCUT2D eigenvalue weighted by atomic mass is 16.8. The third-order valence-electron chi connectivity index (χ3n) is 12.7. The van der Waals surface area contributed by atoms with E-state index in [-0.39, 0.29) is 31.6 Å². The second-order valence-corrected chi connectivity index (χ2v) is 18.9. The summed E-state index contributed by atoms with van der Waals surface area (Å²) in [6, 6.07) is 11.2. The predicted octanol–water partition coefficient (Wildman–Crippen LogP) is 5.55. The van der Waals surface area contributed by atoms with Crippen LogP contribution in [0.25, 0.3) is 6.08 Å². The quantitative estimate of drug-likeness (QED) is 0.0728. The van der Waals surface area contributed by atoms with Crippen molar-refractivity contribution in [3.05, 3.63) is 71.3 Å². The summed E-state index contributed by atoms with van der Waals surface area (Å²) in [7, 11) is 0. The summed E-state index contributed by atoms with van der Waals surface area (Å²) in [6.07, 6.45) is 6.56. The molecule has 9 atom stereocenters. The Morgan fingerprint density at radius 3 is 2.27 bits per heavy atom. The van der Waals surface area contributed by atoms with E-state index in [0.29, 0.717) is 19.3 Å². The number of phenols is 1. The number of ether oxygens (including phenoxy) is 4. The average molecular weight is 892 g/mol. The molecule has 64 heavy (non-hydrogen) atoms. The number of aliphatic hydroxyl groups excluding tert-OH is 2. The van der Waals surface area contributed by atoms with Crippen LogP contribution >= 0.6 is 0 Å². The molecule has 352 valence electrons. The van der Waals surface area contributed by atoms with Gasteiger partial charge in [-0.3, -0.25) is 24.0 Å². The van der Waals surface area contributed by atoms with Crippen LogP contribution in [0.4, 0.5) is 0 Å². The molecule has 0 aromatic heterocycles. The third kappa shape index (κ3) is 11.3. The van der Waals surface area contributed by atoms with Crippen LogP contribution in [0.1, 0.15) is 129 Å². The van der Waals surface area contributed by atoms with E-state index in [1.165, 1.54) is 12.0 Å². The molecule has 3 saturated heterocycles. The molecule has 2 bridgehead atoms. The maximum Gasteiger partial charge on any atom is 0.327 e. The van der Waals surface area contributed by atoms with Gasteiger partial charge in [-0.2, -0.15) is 5.06 Å². The van der Waals surface area contributed by atoms with Crippen LogP contribution in [0.3, 0.4) is 0 Å². The molecule has 2 aromatic rings. The zero-order chi connectivity index (χ0) is 46.2. The number of benzene rings is 2. The Hall–Kier alpha value is -4.38. The van der Waals surface area contributed by atoms with Crippen LogP contribution in [0.15, 0.2) is 54.6 Å². The molecule has 0 unspecified atom stereocenters. The van der Waals surface area contributed by atoms with E-state index in [1.54, 1.807) is 32.9 Å². The van der Waals surface area contributed by atoms with Crippen LogP contribution in [0.2, 0.25) is 0 Å². The van der Waals surface area contributed by atoms with Gasteiger partial charge in [0, 0.05) is 25.7 Å². The lowest BCUT2D eigenvalue weighted by molar-refractivity contribution is -0.224. The van der Waals surface area contributed by atoms with E-state index < -0.39 is 95.8 Å². The SMILES string of the molecule is CCCCCC1(CCCCC)O[C@@H]2[C@H](O1)[C@H]1ON(Cc3ccc(C=CCc4ccccc4O)cc3)[C@@H]3C(=O)O[C@@H]2C[C@]13C(=O)N[C@@H](C(=O)N[C@H](CO)CCC(=O)OC(C)(C)C)[C@H](C)O. The summed E-state index contributed by atoms with van der Waals surface area (Å²) in [6.45, 7) is 10.4. The van der Waals surface area contributed by atoms with Crippen molar-refractivity contribution in [3.63, 3.8) is 0 Å². The number of carbonyl (C=O) groups excluding carboxylic acids is 4. The first kappa shape index (κ1) is 49.1. The number of carbonyl (C=O) groups is 4. The summed E-state index contributed by atoms with van der Waals surface area (Å²) in [5.74, 6) is -3.38. The van der Waals surface area contributed by atoms with E-state index in [0.717, 1.165) is 55.2 Å². The fourth-order valence-corrected chi connectivity index (χ4v) is 9.48. The maximum absolute atomic E-state index is 15.2. The Morgan fingerprint density at radius 2 is 1.64 bits per heavy atom. The second-order valence-electron chi connectivity index (χ2n) is 18.9. The molecule has 4 fully saturated rings. The molecule has 3 heterocycles. The minimum absolute atomic E-state index is 0.0188. The summed E-state index contributed by atoms with van der Waals surface area (Å²) >= 11 is 0. The second kappa shape index (κ2) is 21.3. The molecule has 3 aliphatic heterocycles. The Labute approximate surface area is 377 Å². The molecular formula is C49H69N3O12. The van der Waals surface area contributed by atoms with Gasteiger partial charge in [0.1, 0.15) is 47.2 Å². The average Bonchev–Trinajstić information content (AvgIpc) is 3.80. The monoisotopic (exact) mass is 891 g/mol. The van der Waals surface area contributed by atoms with E-state index >= 15 is 4.79 Å². The number of phenolic OH excluding ortho intramolecular Hbond substituents is 1. The number of para-hydroxylation sites is 1. The minimum Gasteiger partial charge on any atom is -0.508 e. The molecular weight excluding hydrogens is 823 g/mol. The number of hydroxylamine groups is 2. The number of nitrogens with zero attached hydrogens (tertiary/aromatic N) is 1. The van der Waals surface area contributed by atoms with Gasteiger partial charge >= 0.3 is 11.9 Å². The number of hydrogen-bond acceptors (Lipinski definition) is 13. The number of esters is 2. The molecule has 0 radical (unpaired) electrons. The van der Waals surface area contributed by atoms with Gasteiger partial charge in [0.15, 0.2) is 11.8 Å². The largest absolute Gasteiger partial charge is 0.508 e. The van der Waals surface area contributed by atoms with Gasteiger partial charge in [-0.05, 0) is 76.1 Å². The van der Waals surface area contributed by atoms with Crippen LogP contribution in [-0.2, 0) is 55.9 Å². The number of aliphatic hydroxyl groups is 2. The van der Waals surface area contributed by atoms with Gasteiger partial charge in [0.25, 0.3) is 0 Å². The van der Waals surface area contributed by atoms with Crippen molar-refractivity contribution in [3.8, 4) is 5.75 Å². The lowest BCUT2D eigenvalue weighted by Gasteiger charge is -2.49. The molecule has 1 aliphatic carbocycles. The van der Waals surface area contributed by atoms with Crippen molar-refractivity contribution in [1.82, 2.24) is 15.7 Å². The zero-order valence-electron chi connectivity index (χ0n) is 38.3. The molecule has 1 saturated carbocycles. The molecule has 0 spiro atoms. The molecule has 6 rings (SSSR count). The number of rotatable bonds is 22. The minimum atomic E-state index is -1.63. The fourth-order valence-electron chi connectivity index (χ4n) is 9.48. The first-order valence-electron chi connectivity index (χ1n) is 23.2. The van der Waals surface area contributed by atoms with Crippen molar-refractivity contribution in [1.29, 1.82) is 0 Å². The number of amides is 2.